The molecule has 0 spiro atoms. The molecule has 21 heavy (non-hydrogen) atoms. The first kappa shape index (κ1) is 17.0. The maximum Gasteiger partial charge on any atom is 0.328 e. The molecule has 0 unspecified atom stereocenters. The predicted molar refractivity (Wildman–Crippen MR) is 84.0 cm³/mol. The van der Waals surface area contributed by atoms with Crippen LogP contribution in [-0.2, 0) is 9.59 Å². The largest absolute Gasteiger partial charge is 0.480 e. The van der Waals surface area contributed by atoms with Crippen LogP contribution >= 0.6 is 0 Å². The van der Waals surface area contributed by atoms with Crippen LogP contribution in [0.15, 0.2) is 30.3 Å². The van der Waals surface area contributed by atoms with E-state index >= 15 is 0 Å². The summed E-state index contributed by atoms with van der Waals surface area (Å²) in [6, 6.07) is 8.14. The van der Waals surface area contributed by atoms with Gasteiger partial charge in [0, 0.05) is 6.42 Å². The van der Waals surface area contributed by atoms with Crippen LogP contribution < -0.4 is 5.32 Å². The topological polar surface area (TPSA) is 66.4 Å². The zero-order chi connectivity index (χ0) is 16.0. The Morgan fingerprint density at radius 2 is 1.81 bits per heavy atom. The van der Waals surface area contributed by atoms with Gasteiger partial charge in [-0.25, -0.2) is 4.79 Å². The molecule has 1 aromatic carbocycles. The molecule has 0 bridgehead atoms. The van der Waals surface area contributed by atoms with Gasteiger partial charge in [-0.05, 0) is 30.9 Å². The first-order chi connectivity index (χ1) is 9.72. The molecule has 0 heterocycles. The fraction of sp³-hybridized carbons (Fsp3) is 0.412. The molecule has 4 nitrogen and oxygen atoms in total. The van der Waals surface area contributed by atoms with Gasteiger partial charge in [-0.15, -0.1) is 0 Å². The second kappa shape index (κ2) is 7.07. The summed E-state index contributed by atoms with van der Waals surface area (Å²) in [6.45, 7) is 7.20. The lowest BCUT2D eigenvalue weighted by atomic mass is 10.0. The quantitative estimate of drug-likeness (QED) is 0.845. The lowest BCUT2D eigenvalue weighted by Gasteiger charge is -2.20. The summed E-state index contributed by atoms with van der Waals surface area (Å²) in [5, 5.41) is 11.4. The summed E-state index contributed by atoms with van der Waals surface area (Å²) in [5.74, 6) is -0.867. The molecule has 0 saturated heterocycles. The Hall–Kier alpha value is -2.10. The van der Waals surface area contributed by atoms with Crippen LogP contribution in [0.3, 0.4) is 0 Å². The Morgan fingerprint density at radius 1 is 1.24 bits per heavy atom. The minimum Gasteiger partial charge on any atom is -0.480 e. The molecule has 0 atom stereocenters. The normalized spacial score (nSPS) is 11.9. The fourth-order valence-corrected chi connectivity index (χ4v) is 1.75. The monoisotopic (exact) mass is 289 g/mol. The number of carboxylic acid groups (broad SMARTS) is 1. The van der Waals surface area contributed by atoms with Gasteiger partial charge in [0.15, 0.2) is 0 Å². The van der Waals surface area contributed by atoms with Crippen molar-refractivity contribution in [2.24, 2.45) is 0 Å². The van der Waals surface area contributed by atoms with Crippen LogP contribution in [0.1, 0.15) is 51.2 Å². The number of carboxylic acids is 1. The van der Waals surface area contributed by atoms with Gasteiger partial charge in [0.25, 0.3) is 0 Å². The number of carbonyl (C=O) groups excluding carboxylic acids is 1. The second-order valence-electron chi connectivity index (χ2n) is 5.91. The van der Waals surface area contributed by atoms with Crippen molar-refractivity contribution in [3.8, 4) is 0 Å². The number of nitrogens with one attached hydrogen (secondary N) is 1. The highest BCUT2D eigenvalue weighted by Crippen LogP contribution is 2.15. The van der Waals surface area contributed by atoms with Crippen molar-refractivity contribution >= 4 is 18.0 Å². The highest BCUT2D eigenvalue weighted by molar-refractivity contribution is 5.87. The van der Waals surface area contributed by atoms with Gasteiger partial charge in [0.05, 0.1) is 0 Å². The number of hydrogen-bond acceptors (Lipinski definition) is 2. The molecule has 0 saturated carbocycles. The second-order valence-corrected chi connectivity index (χ2v) is 5.91. The average molecular weight is 289 g/mol. The van der Waals surface area contributed by atoms with Crippen LogP contribution in [0.25, 0.3) is 6.08 Å². The van der Waals surface area contributed by atoms with E-state index in [0.29, 0.717) is 5.92 Å². The van der Waals surface area contributed by atoms with E-state index in [1.54, 1.807) is 6.08 Å². The molecule has 1 aromatic rings. The minimum absolute atomic E-state index is 0.155. The SMILES string of the molecule is CC(C)c1ccc(/C=C/CC(=O)NC(C)(C)C(=O)O)cc1. The summed E-state index contributed by atoms with van der Waals surface area (Å²) in [6.07, 6.45) is 3.75. The molecule has 0 fully saturated rings. The Morgan fingerprint density at radius 3 is 2.29 bits per heavy atom. The molecule has 1 amide bonds. The molecule has 1 rings (SSSR count). The van der Waals surface area contributed by atoms with E-state index in [4.69, 9.17) is 5.11 Å². The van der Waals surface area contributed by atoms with Crippen molar-refractivity contribution in [3.05, 3.63) is 41.5 Å². The molecule has 2 N–H and O–H groups in total. The summed E-state index contributed by atoms with van der Waals surface area (Å²) in [4.78, 5) is 22.6. The third kappa shape index (κ3) is 5.42. The van der Waals surface area contributed by atoms with E-state index in [9.17, 15) is 9.59 Å². The van der Waals surface area contributed by atoms with Crippen molar-refractivity contribution in [1.29, 1.82) is 0 Å². The van der Waals surface area contributed by atoms with Gasteiger partial charge in [0.1, 0.15) is 5.54 Å². The molecular formula is C17H23NO3. The summed E-state index contributed by atoms with van der Waals surface area (Å²) in [5.41, 5.74) is 1.04. The maximum atomic E-state index is 11.7. The number of aliphatic carboxylic acids is 1. The van der Waals surface area contributed by atoms with Crippen molar-refractivity contribution in [2.75, 3.05) is 0 Å². The van der Waals surface area contributed by atoms with Gasteiger partial charge in [-0.2, -0.15) is 0 Å². The van der Waals surface area contributed by atoms with Crippen molar-refractivity contribution in [3.63, 3.8) is 0 Å². The van der Waals surface area contributed by atoms with E-state index in [2.05, 4.69) is 31.3 Å². The lowest BCUT2D eigenvalue weighted by Crippen LogP contribution is -2.49. The van der Waals surface area contributed by atoms with Gasteiger partial charge in [0.2, 0.25) is 5.91 Å². The Labute approximate surface area is 125 Å². The molecule has 114 valence electrons. The maximum absolute atomic E-state index is 11.7. The third-order valence-corrected chi connectivity index (χ3v) is 3.20. The van der Waals surface area contributed by atoms with E-state index in [-0.39, 0.29) is 12.3 Å². The highest BCUT2D eigenvalue weighted by Gasteiger charge is 2.28. The van der Waals surface area contributed by atoms with Crippen LogP contribution in [0, 0.1) is 0 Å². The van der Waals surface area contributed by atoms with Gasteiger partial charge >= 0.3 is 5.97 Å². The third-order valence-electron chi connectivity index (χ3n) is 3.20. The van der Waals surface area contributed by atoms with Crippen molar-refractivity contribution < 1.29 is 14.7 Å². The first-order valence-corrected chi connectivity index (χ1v) is 7.03. The smallest absolute Gasteiger partial charge is 0.328 e. The predicted octanol–water partition coefficient (Wildman–Crippen LogP) is 3.19. The van der Waals surface area contributed by atoms with E-state index < -0.39 is 11.5 Å². The summed E-state index contributed by atoms with van der Waals surface area (Å²) < 4.78 is 0. The van der Waals surface area contributed by atoms with Gasteiger partial charge in [-0.3, -0.25) is 4.79 Å². The number of hydrogen-bond donors (Lipinski definition) is 2. The Kier molecular flexibility index (Phi) is 5.70. The van der Waals surface area contributed by atoms with Crippen LogP contribution in [0.5, 0.6) is 0 Å². The Balaban J connectivity index is 2.54. The molecule has 0 radical (unpaired) electrons. The van der Waals surface area contributed by atoms with Crippen LogP contribution in [0.2, 0.25) is 0 Å². The summed E-state index contributed by atoms with van der Waals surface area (Å²) in [7, 11) is 0. The number of carbonyl (C=O) groups is 2. The van der Waals surface area contributed by atoms with Crippen molar-refractivity contribution in [2.45, 2.75) is 45.6 Å². The lowest BCUT2D eigenvalue weighted by molar-refractivity contribution is -0.145. The van der Waals surface area contributed by atoms with E-state index in [1.807, 2.05) is 18.2 Å². The molecule has 0 aliphatic carbocycles. The van der Waals surface area contributed by atoms with E-state index in [1.165, 1.54) is 19.4 Å². The zero-order valence-electron chi connectivity index (χ0n) is 13.0. The molecular weight excluding hydrogens is 266 g/mol. The van der Waals surface area contributed by atoms with Crippen LogP contribution in [0.4, 0.5) is 0 Å². The zero-order valence-corrected chi connectivity index (χ0v) is 13.0. The van der Waals surface area contributed by atoms with E-state index in [0.717, 1.165) is 5.56 Å². The molecule has 4 heteroatoms. The van der Waals surface area contributed by atoms with Gasteiger partial charge in [-0.1, -0.05) is 50.3 Å². The molecule has 0 aromatic heterocycles. The standard InChI is InChI=1S/C17H23NO3/c1-12(2)14-10-8-13(9-11-14)6-5-7-15(19)18-17(3,4)16(20)21/h5-6,8-12H,7H2,1-4H3,(H,18,19)(H,20,21)/b6-5+. The first-order valence-electron chi connectivity index (χ1n) is 7.03. The fourth-order valence-electron chi connectivity index (χ4n) is 1.75. The average Bonchev–Trinajstić information content (AvgIpc) is 2.38. The highest BCUT2D eigenvalue weighted by atomic mass is 16.4. The Bertz CT molecular complexity index is 527. The minimum atomic E-state index is -1.25. The van der Waals surface area contributed by atoms with Gasteiger partial charge < -0.3 is 10.4 Å². The number of rotatable bonds is 6. The summed E-state index contributed by atoms with van der Waals surface area (Å²) >= 11 is 0. The van der Waals surface area contributed by atoms with Crippen LogP contribution in [-0.4, -0.2) is 22.5 Å². The number of benzene rings is 1. The van der Waals surface area contributed by atoms with Crippen molar-refractivity contribution in [1.82, 2.24) is 5.32 Å². The molecule has 0 aliphatic heterocycles. The number of amides is 1. The molecule has 0 aliphatic rings.